The van der Waals surface area contributed by atoms with Crippen LogP contribution < -0.4 is 0 Å². The summed E-state index contributed by atoms with van der Waals surface area (Å²) < 4.78 is 0. The van der Waals surface area contributed by atoms with Gasteiger partial charge in [-0.25, -0.2) is 0 Å². The van der Waals surface area contributed by atoms with E-state index >= 15 is 0 Å². The van der Waals surface area contributed by atoms with E-state index < -0.39 is 0 Å². The Morgan fingerprint density at radius 2 is 0.577 bits per heavy atom. The number of rotatable bonds is 0. The monoisotopic (exact) mass is 359 g/mol. The first-order valence-corrected chi connectivity index (χ1v) is 10.2. The van der Waals surface area contributed by atoms with Crippen LogP contribution in [-0.4, -0.2) is 4.98 Å². The molecule has 1 nitrogen and oxygen atoms in total. The second-order valence-electron chi connectivity index (χ2n) is 13.2. The van der Waals surface area contributed by atoms with E-state index in [-0.39, 0.29) is 27.1 Å². The highest BCUT2D eigenvalue weighted by molar-refractivity contribution is 5.53. The van der Waals surface area contributed by atoms with Crippen molar-refractivity contribution in [3.8, 4) is 0 Å². The molecule has 0 spiro atoms. The van der Waals surface area contributed by atoms with Crippen molar-refractivity contribution in [1.82, 2.24) is 4.98 Å². The van der Waals surface area contributed by atoms with Crippen molar-refractivity contribution in [2.75, 3.05) is 0 Å². The van der Waals surface area contributed by atoms with Crippen molar-refractivity contribution in [2.45, 2.75) is 131 Å². The van der Waals surface area contributed by atoms with Gasteiger partial charge in [-0.2, -0.15) is 0 Å². The molecule has 1 aromatic rings. The zero-order valence-electron chi connectivity index (χ0n) is 20.4. The molecule has 0 amide bonds. The number of hydrogen-bond donors (Lipinski definition) is 0. The maximum absolute atomic E-state index is 5.42. The molecule has 1 rings (SSSR count). The van der Waals surface area contributed by atoms with Gasteiger partial charge in [0.25, 0.3) is 0 Å². The van der Waals surface area contributed by atoms with E-state index in [9.17, 15) is 0 Å². The van der Waals surface area contributed by atoms with Gasteiger partial charge in [0.2, 0.25) is 0 Å². The summed E-state index contributed by atoms with van der Waals surface area (Å²) in [4.78, 5) is 5.42. The van der Waals surface area contributed by atoms with Crippen LogP contribution in [-0.2, 0) is 27.1 Å². The normalized spacial score (nSPS) is 14.7. The average Bonchev–Trinajstić information content (AvgIpc) is 2.30. The number of aromatic nitrogens is 1. The Labute approximate surface area is 164 Å². The molecule has 1 heteroatoms. The van der Waals surface area contributed by atoms with Crippen LogP contribution in [0.2, 0.25) is 0 Å². The SMILES string of the molecule is CC(C)(C)c1nc(C(C)(C)C)c(C(C)(C)C)c(C(C)(C)C)c1C(C)(C)C. The Bertz CT molecular complexity index is 607. The van der Waals surface area contributed by atoms with E-state index in [1.165, 1.54) is 28.1 Å². The molecule has 150 valence electrons. The third-order valence-electron chi connectivity index (χ3n) is 4.87. The van der Waals surface area contributed by atoms with Gasteiger partial charge in [-0.15, -0.1) is 0 Å². The fourth-order valence-electron chi connectivity index (χ4n) is 3.88. The number of nitrogens with zero attached hydrogens (tertiary/aromatic N) is 1. The van der Waals surface area contributed by atoms with Gasteiger partial charge in [0.15, 0.2) is 0 Å². The molecule has 0 bridgehead atoms. The van der Waals surface area contributed by atoms with Gasteiger partial charge in [-0.3, -0.25) is 4.98 Å². The lowest BCUT2D eigenvalue weighted by molar-refractivity contribution is 0.440. The third-order valence-corrected chi connectivity index (χ3v) is 4.87. The summed E-state index contributed by atoms with van der Waals surface area (Å²) in [5, 5.41) is 0. The second-order valence-corrected chi connectivity index (χ2v) is 13.2. The van der Waals surface area contributed by atoms with Gasteiger partial charge < -0.3 is 0 Å². The zero-order chi connectivity index (χ0) is 21.1. The first-order chi connectivity index (χ1) is 11.1. The lowest BCUT2D eigenvalue weighted by Crippen LogP contribution is -2.37. The molecule has 0 N–H and O–H groups in total. The van der Waals surface area contributed by atoms with Crippen molar-refractivity contribution in [3.63, 3.8) is 0 Å². The topological polar surface area (TPSA) is 12.9 Å². The Kier molecular flexibility index (Phi) is 5.66. The van der Waals surface area contributed by atoms with Gasteiger partial charge >= 0.3 is 0 Å². The van der Waals surface area contributed by atoms with E-state index in [0.717, 1.165) is 0 Å². The summed E-state index contributed by atoms with van der Waals surface area (Å²) in [6.45, 7) is 35.0. The van der Waals surface area contributed by atoms with Crippen LogP contribution in [0.1, 0.15) is 132 Å². The van der Waals surface area contributed by atoms with Crippen molar-refractivity contribution in [3.05, 3.63) is 28.1 Å². The predicted octanol–water partition coefficient (Wildman–Crippen LogP) is 7.57. The molecule has 0 unspecified atom stereocenters. The lowest BCUT2D eigenvalue weighted by atomic mass is 9.64. The van der Waals surface area contributed by atoms with Crippen LogP contribution in [0.3, 0.4) is 0 Å². The fourth-order valence-corrected chi connectivity index (χ4v) is 3.88. The van der Waals surface area contributed by atoms with Gasteiger partial charge in [0.1, 0.15) is 0 Å². The molecule has 0 atom stereocenters. The van der Waals surface area contributed by atoms with Crippen LogP contribution in [0.15, 0.2) is 0 Å². The van der Waals surface area contributed by atoms with Crippen LogP contribution in [0, 0.1) is 0 Å². The Morgan fingerprint density at radius 1 is 0.346 bits per heavy atom. The molecule has 0 aliphatic rings. The van der Waals surface area contributed by atoms with Gasteiger partial charge in [0.05, 0.1) is 11.4 Å². The molecule has 1 aromatic heterocycles. The van der Waals surface area contributed by atoms with Crippen LogP contribution >= 0.6 is 0 Å². The van der Waals surface area contributed by atoms with E-state index in [1.807, 2.05) is 0 Å². The highest BCUT2D eigenvalue weighted by Gasteiger charge is 2.40. The Hall–Kier alpha value is -0.850. The highest BCUT2D eigenvalue weighted by Crippen LogP contribution is 2.47. The van der Waals surface area contributed by atoms with Crippen molar-refractivity contribution >= 4 is 0 Å². The minimum Gasteiger partial charge on any atom is -0.256 e. The molecular formula is C25H45N. The number of pyridine rings is 1. The van der Waals surface area contributed by atoms with Crippen LogP contribution in [0.25, 0.3) is 0 Å². The van der Waals surface area contributed by atoms with Gasteiger partial charge in [-0.05, 0) is 32.9 Å². The molecular weight excluding hydrogens is 314 g/mol. The zero-order valence-corrected chi connectivity index (χ0v) is 20.4. The molecule has 0 saturated carbocycles. The van der Waals surface area contributed by atoms with Crippen LogP contribution in [0.5, 0.6) is 0 Å². The first kappa shape index (κ1) is 23.2. The molecule has 0 radical (unpaired) electrons. The van der Waals surface area contributed by atoms with Crippen LogP contribution in [0.4, 0.5) is 0 Å². The van der Waals surface area contributed by atoms with E-state index in [1.54, 1.807) is 0 Å². The minimum absolute atomic E-state index is 0.0129. The van der Waals surface area contributed by atoms with Crippen molar-refractivity contribution < 1.29 is 0 Å². The second kappa shape index (κ2) is 6.35. The van der Waals surface area contributed by atoms with Crippen molar-refractivity contribution in [2.24, 2.45) is 0 Å². The van der Waals surface area contributed by atoms with E-state index in [4.69, 9.17) is 4.98 Å². The smallest absolute Gasteiger partial charge is 0.0501 e. The third kappa shape index (κ3) is 4.70. The maximum atomic E-state index is 5.42. The molecule has 0 aliphatic heterocycles. The molecule has 1 heterocycles. The summed E-state index contributed by atoms with van der Waals surface area (Å²) in [5.41, 5.74) is 7.16. The highest BCUT2D eigenvalue weighted by atomic mass is 14.8. The quantitative estimate of drug-likeness (QED) is 0.465. The summed E-state index contributed by atoms with van der Waals surface area (Å²) in [6, 6.07) is 0. The molecule has 0 saturated heterocycles. The maximum Gasteiger partial charge on any atom is 0.0501 e. The minimum atomic E-state index is 0.0129. The number of hydrogen-bond acceptors (Lipinski definition) is 1. The lowest BCUT2D eigenvalue weighted by Gasteiger charge is -2.42. The van der Waals surface area contributed by atoms with E-state index in [0.29, 0.717) is 0 Å². The summed E-state index contributed by atoms with van der Waals surface area (Å²) >= 11 is 0. The fraction of sp³-hybridized carbons (Fsp3) is 0.800. The van der Waals surface area contributed by atoms with Crippen molar-refractivity contribution in [1.29, 1.82) is 0 Å². The standard InChI is InChI=1S/C25H45N/c1-21(2,3)16-17(22(4,5)6)19(24(10,11)12)26-20(25(13,14)15)18(16)23(7,8)9/h1-15H3. The Morgan fingerprint density at radius 3 is 0.731 bits per heavy atom. The first-order valence-electron chi connectivity index (χ1n) is 10.2. The average molecular weight is 360 g/mol. The summed E-state index contributed by atoms with van der Waals surface area (Å²) in [6.07, 6.45) is 0. The molecule has 0 aliphatic carbocycles. The van der Waals surface area contributed by atoms with E-state index in [2.05, 4.69) is 104 Å². The summed E-state index contributed by atoms with van der Waals surface area (Å²) in [7, 11) is 0. The molecule has 26 heavy (non-hydrogen) atoms. The summed E-state index contributed by atoms with van der Waals surface area (Å²) in [5.74, 6) is 0. The largest absolute Gasteiger partial charge is 0.256 e. The molecule has 0 fully saturated rings. The molecule has 0 aromatic carbocycles. The van der Waals surface area contributed by atoms with Gasteiger partial charge in [0, 0.05) is 10.8 Å². The van der Waals surface area contributed by atoms with Gasteiger partial charge in [-0.1, -0.05) is 104 Å². The Balaban J connectivity index is 4.41. The predicted molar refractivity (Wildman–Crippen MR) is 118 cm³/mol.